The zero-order valence-electron chi connectivity index (χ0n) is 12.9. The highest BCUT2D eigenvalue weighted by Crippen LogP contribution is 2.53. The molecule has 0 amide bonds. The van der Waals surface area contributed by atoms with Gasteiger partial charge < -0.3 is 34.3 Å². The van der Waals surface area contributed by atoms with Gasteiger partial charge in [0.2, 0.25) is 11.5 Å². The third-order valence-electron chi connectivity index (χ3n) is 4.43. The zero-order chi connectivity index (χ0) is 16.9. The second kappa shape index (κ2) is 5.19. The van der Waals surface area contributed by atoms with E-state index in [4.69, 9.17) is 18.9 Å². The predicted molar refractivity (Wildman–Crippen MR) is 81.5 cm³/mol. The average molecular weight is 332 g/mol. The summed E-state index contributed by atoms with van der Waals surface area (Å²) in [5.74, 6) is -1.73. The summed E-state index contributed by atoms with van der Waals surface area (Å²) in [6.45, 7) is -0.153. The largest absolute Gasteiger partial charge is 0.508 e. The maximum absolute atomic E-state index is 11.3. The van der Waals surface area contributed by atoms with Crippen LogP contribution < -0.4 is 14.2 Å². The van der Waals surface area contributed by atoms with E-state index in [1.807, 2.05) is 0 Å². The van der Waals surface area contributed by atoms with Gasteiger partial charge in [0.05, 0.1) is 18.6 Å². The van der Waals surface area contributed by atoms with E-state index in [-0.39, 0.29) is 36.4 Å². The zero-order valence-corrected chi connectivity index (χ0v) is 12.9. The highest BCUT2D eigenvalue weighted by molar-refractivity contribution is 5.59. The Hall–Kier alpha value is -2.64. The smallest absolute Gasteiger partial charge is 0.210 e. The molecular weight excluding hydrogens is 316 g/mol. The first-order valence-electron chi connectivity index (χ1n) is 7.40. The first kappa shape index (κ1) is 14.9. The van der Waals surface area contributed by atoms with Crippen molar-refractivity contribution >= 4 is 0 Å². The molecule has 2 aromatic carbocycles. The van der Waals surface area contributed by atoms with Gasteiger partial charge in [-0.25, -0.2) is 0 Å². The summed E-state index contributed by atoms with van der Waals surface area (Å²) in [6.07, 6.45) is 0. The Kier molecular flexibility index (Phi) is 3.22. The minimum atomic E-state index is -1.80. The minimum absolute atomic E-state index is 0.00840. The van der Waals surface area contributed by atoms with Crippen molar-refractivity contribution in [1.82, 2.24) is 0 Å². The van der Waals surface area contributed by atoms with Crippen LogP contribution in [-0.4, -0.2) is 35.8 Å². The normalized spacial score (nSPS) is 24.5. The van der Waals surface area contributed by atoms with Crippen LogP contribution in [0.15, 0.2) is 30.3 Å². The van der Waals surface area contributed by atoms with Gasteiger partial charge in [-0.1, -0.05) is 0 Å². The molecule has 2 aliphatic heterocycles. The molecule has 2 atom stereocenters. The fourth-order valence-corrected chi connectivity index (χ4v) is 3.21. The SMILES string of the molecule is COc1c(O)ccc2c1OCC1c3cc(ccc3O)OCOC21O. The van der Waals surface area contributed by atoms with Gasteiger partial charge in [-0.2, -0.15) is 0 Å². The molecule has 2 aromatic rings. The van der Waals surface area contributed by atoms with Crippen LogP contribution in [0.2, 0.25) is 0 Å². The number of fused-ring (bicyclic) bond motifs is 6. The highest BCUT2D eigenvalue weighted by atomic mass is 16.7. The number of methoxy groups -OCH3 is 1. The summed E-state index contributed by atoms with van der Waals surface area (Å²) in [6, 6.07) is 7.66. The monoisotopic (exact) mass is 332 g/mol. The topological polar surface area (TPSA) is 97.6 Å². The molecule has 4 rings (SSSR count). The van der Waals surface area contributed by atoms with E-state index in [1.54, 1.807) is 12.1 Å². The molecule has 2 unspecified atom stereocenters. The van der Waals surface area contributed by atoms with Crippen LogP contribution in [-0.2, 0) is 10.5 Å². The van der Waals surface area contributed by atoms with Crippen molar-refractivity contribution in [3.63, 3.8) is 0 Å². The maximum atomic E-state index is 11.3. The number of phenols is 2. The number of hydrogen-bond donors (Lipinski definition) is 3. The van der Waals surface area contributed by atoms with Crippen molar-refractivity contribution < 1.29 is 34.3 Å². The standard InChI is InChI=1S/C17H16O7/c1-21-16-14(19)5-3-11-15(16)22-7-12-10-6-9(2-4-13(10)18)23-8-24-17(11,12)20/h2-6,12,18-20H,7-8H2,1H3. The second-order valence-electron chi connectivity index (χ2n) is 5.68. The lowest BCUT2D eigenvalue weighted by molar-refractivity contribution is -0.266. The first-order chi connectivity index (χ1) is 11.5. The number of ether oxygens (including phenoxy) is 4. The second-order valence-corrected chi connectivity index (χ2v) is 5.68. The highest BCUT2D eigenvalue weighted by Gasteiger charge is 2.49. The molecule has 3 N–H and O–H groups in total. The van der Waals surface area contributed by atoms with Crippen molar-refractivity contribution in [2.24, 2.45) is 0 Å². The van der Waals surface area contributed by atoms with Crippen LogP contribution in [0.3, 0.4) is 0 Å². The van der Waals surface area contributed by atoms with Crippen molar-refractivity contribution in [3.8, 4) is 28.7 Å². The Bertz CT molecular complexity index is 804. The molecule has 2 heterocycles. The molecule has 126 valence electrons. The molecule has 24 heavy (non-hydrogen) atoms. The van der Waals surface area contributed by atoms with Crippen LogP contribution in [0.1, 0.15) is 17.0 Å². The average Bonchev–Trinajstić information content (AvgIpc) is 2.55. The third-order valence-corrected chi connectivity index (χ3v) is 4.43. The van der Waals surface area contributed by atoms with E-state index < -0.39 is 11.7 Å². The number of benzene rings is 2. The molecule has 0 saturated heterocycles. The lowest BCUT2D eigenvalue weighted by Gasteiger charge is -2.42. The quantitative estimate of drug-likeness (QED) is 0.732. The van der Waals surface area contributed by atoms with Gasteiger partial charge in [-0.3, -0.25) is 0 Å². The minimum Gasteiger partial charge on any atom is -0.508 e. The van der Waals surface area contributed by atoms with Gasteiger partial charge in [0, 0.05) is 5.56 Å². The first-order valence-corrected chi connectivity index (χ1v) is 7.40. The lowest BCUT2D eigenvalue weighted by atomic mass is 9.83. The molecular formula is C17H16O7. The lowest BCUT2D eigenvalue weighted by Crippen LogP contribution is -2.44. The van der Waals surface area contributed by atoms with Crippen LogP contribution in [0.25, 0.3) is 0 Å². The fraction of sp³-hybridized carbons (Fsp3) is 0.294. The van der Waals surface area contributed by atoms with E-state index in [0.29, 0.717) is 16.9 Å². The van der Waals surface area contributed by atoms with Crippen molar-refractivity contribution in [2.45, 2.75) is 11.7 Å². The van der Waals surface area contributed by atoms with E-state index >= 15 is 0 Å². The number of aromatic hydroxyl groups is 2. The van der Waals surface area contributed by atoms with E-state index in [0.717, 1.165) is 0 Å². The summed E-state index contributed by atoms with van der Waals surface area (Å²) in [4.78, 5) is 0. The Labute approximate surface area is 137 Å². The fourth-order valence-electron chi connectivity index (χ4n) is 3.21. The van der Waals surface area contributed by atoms with Gasteiger partial charge >= 0.3 is 0 Å². The number of phenolic OH excluding ortho intramolecular Hbond substituents is 2. The maximum Gasteiger partial charge on any atom is 0.210 e. The summed E-state index contributed by atoms with van der Waals surface area (Å²) < 4.78 is 22.0. The van der Waals surface area contributed by atoms with Crippen molar-refractivity contribution in [2.75, 3.05) is 20.5 Å². The van der Waals surface area contributed by atoms with E-state index in [1.165, 1.54) is 25.3 Å². The van der Waals surface area contributed by atoms with Crippen LogP contribution in [0.4, 0.5) is 0 Å². The summed E-state index contributed by atoms with van der Waals surface area (Å²) in [5, 5.41) is 31.4. The van der Waals surface area contributed by atoms with Crippen LogP contribution in [0, 0.1) is 0 Å². The molecule has 0 fully saturated rings. The molecule has 7 nitrogen and oxygen atoms in total. The van der Waals surface area contributed by atoms with Crippen molar-refractivity contribution in [3.05, 3.63) is 41.5 Å². The van der Waals surface area contributed by atoms with Crippen molar-refractivity contribution in [1.29, 1.82) is 0 Å². The summed E-state index contributed by atoms with van der Waals surface area (Å²) in [7, 11) is 1.40. The molecule has 0 saturated carbocycles. The predicted octanol–water partition coefficient (Wildman–Crippen LogP) is 1.79. The Balaban J connectivity index is 1.92. The third kappa shape index (κ3) is 1.98. The molecule has 0 spiro atoms. The van der Waals surface area contributed by atoms with Gasteiger partial charge in [0.1, 0.15) is 18.1 Å². The number of rotatable bonds is 1. The summed E-state index contributed by atoms with van der Waals surface area (Å²) >= 11 is 0. The molecule has 0 aromatic heterocycles. The Morgan fingerprint density at radius 2 is 1.92 bits per heavy atom. The molecule has 2 bridgehead atoms. The van der Waals surface area contributed by atoms with E-state index in [2.05, 4.69) is 0 Å². The van der Waals surface area contributed by atoms with Gasteiger partial charge in [0.25, 0.3) is 0 Å². The van der Waals surface area contributed by atoms with Gasteiger partial charge in [-0.05, 0) is 30.3 Å². The Morgan fingerprint density at radius 3 is 2.71 bits per heavy atom. The number of aliphatic hydroxyl groups is 1. The molecule has 0 radical (unpaired) electrons. The van der Waals surface area contributed by atoms with Gasteiger partial charge in [-0.15, -0.1) is 0 Å². The number of hydrogen-bond acceptors (Lipinski definition) is 7. The Morgan fingerprint density at radius 1 is 1.12 bits per heavy atom. The molecule has 2 aliphatic rings. The molecule has 0 aliphatic carbocycles. The van der Waals surface area contributed by atoms with Crippen LogP contribution in [0.5, 0.6) is 28.7 Å². The van der Waals surface area contributed by atoms with Crippen LogP contribution >= 0.6 is 0 Å². The van der Waals surface area contributed by atoms with Gasteiger partial charge in [0.15, 0.2) is 18.3 Å². The van der Waals surface area contributed by atoms with E-state index in [9.17, 15) is 15.3 Å². The summed E-state index contributed by atoms with van der Waals surface area (Å²) in [5.41, 5.74) is 0.746. The molecule has 7 heteroatoms.